The van der Waals surface area contributed by atoms with Crippen LogP contribution in [0.25, 0.3) is 0 Å². The van der Waals surface area contributed by atoms with Crippen molar-refractivity contribution in [2.24, 2.45) is 0 Å². The van der Waals surface area contributed by atoms with Crippen LogP contribution in [0.2, 0.25) is 0 Å². The second kappa shape index (κ2) is 12.6. The van der Waals surface area contributed by atoms with Crippen LogP contribution in [0, 0.1) is 0 Å². The number of benzene rings is 4. The van der Waals surface area contributed by atoms with E-state index in [0.29, 0.717) is 23.4 Å². The third kappa shape index (κ3) is 7.01. The number of para-hydroxylation sites is 1. The van der Waals surface area contributed by atoms with Crippen molar-refractivity contribution in [3.8, 4) is 5.75 Å². The molecule has 0 heterocycles. The van der Waals surface area contributed by atoms with Crippen molar-refractivity contribution in [2.75, 3.05) is 30.9 Å². The van der Waals surface area contributed by atoms with Crippen LogP contribution in [0.3, 0.4) is 0 Å². The summed E-state index contributed by atoms with van der Waals surface area (Å²) in [6, 6.07) is 30.9. The number of nitrogens with one attached hydrogen (secondary N) is 1. The molecule has 4 aromatic rings. The Bertz CT molecular complexity index is 1350. The van der Waals surface area contributed by atoms with Crippen molar-refractivity contribution in [3.05, 3.63) is 125 Å². The number of rotatable bonds is 12. The smallest absolute Gasteiger partial charge is 0.326 e. The molecule has 4 rings (SSSR count). The Balaban J connectivity index is 1.36. The lowest BCUT2D eigenvalue weighted by molar-refractivity contribution is -0.137. The van der Waals surface area contributed by atoms with Crippen molar-refractivity contribution in [1.82, 2.24) is 0 Å². The van der Waals surface area contributed by atoms with Crippen LogP contribution < -0.4 is 15.0 Å². The Hall–Kier alpha value is -4.58. The zero-order valence-electron chi connectivity index (χ0n) is 21.6. The van der Waals surface area contributed by atoms with Gasteiger partial charge in [-0.3, -0.25) is 4.79 Å². The zero-order chi connectivity index (χ0) is 26.9. The summed E-state index contributed by atoms with van der Waals surface area (Å²) >= 11 is 0. The summed E-state index contributed by atoms with van der Waals surface area (Å²) in [7, 11) is 4.03. The summed E-state index contributed by atoms with van der Waals surface area (Å²) in [4.78, 5) is 27.2. The van der Waals surface area contributed by atoms with Crippen LogP contribution in [0.1, 0.15) is 27.0 Å². The predicted octanol–water partition coefficient (Wildman–Crippen LogP) is 5.71. The van der Waals surface area contributed by atoms with Gasteiger partial charge in [0.25, 0.3) is 0 Å². The Morgan fingerprint density at radius 2 is 1.45 bits per heavy atom. The van der Waals surface area contributed by atoms with Gasteiger partial charge in [-0.05, 0) is 47.5 Å². The number of ether oxygens (including phenoxy) is 1. The molecule has 4 aromatic carbocycles. The Kier molecular flexibility index (Phi) is 8.77. The number of anilines is 2. The number of carbonyl (C=O) groups is 2. The minimum atomic E-state index is -0.993. The van der Waals surface area contributed by atoms with E-state index in [1.165, 1.54) is 5.56 Å². The first-order valence-electron chi connectivity index (χ1n) is 12.6. The second-order valence-corrected chi connectivity index (χ2v) is 9.28. The van der Waals surface area contributed by atoms with Crippen LogP contribution in [0.4, 0.5) is 11.4 Å². The van der Waals surface area contributed by atoms with E-state index >= 15 is 0 Å². The van der Waals surface area contributed by atoms with Gasteiger partial charge in [-0.2, -0.15) is 0 Å². The van der Waals surface area contributed by atoms with Crippen LogP contribution in [0.5, 0.6) is 5.75 Å². The van der Waals surface area contributed by atoms with Gasteiger partial charge in [-0.25, -0.2) is 4.79 Å². The number of carboxylic acid groups (broad SMARTS) is 1. The normalized spacial score (nSPS) is 11.4. The molecule has 194 valence electrons. The molecule has 0 fully saturated rings. The van der Waals surface area contributed by atoms with Crippen molar-refractivity contribution in [3.63, 3.8) is 0 Å². The fourth-order valence-electron chi connectivity index (χ4n) is 4.14. The van der Waals surface area contributed by atoms with Crippen LogP contribution in [-0.4, -0.2) is 43.6 Å². The van der Waals surface area contributed by atoms with E-state index in [9.17, 15) is 14.7 Å². The third-order valence-electron chi connectivity index (χ3n) is 6.31. The molecule has 1 atom stereocenters. The Morgan fingerprint density at radius 3 is 2.11 bits per heavy atom. The fraction of sp³-hybridized carbons (Fsp3) is 0.188. The van der Waals surface area contributed by atoms with E-state index in [1.807, 2.05) is 44.4 Å². The molecular formula is C32H32N2O4. The third-order valence-corrected chi connectivity index (χ3v) is 6.31. The van der Waals surface area contributed by atoms with Crippen molar-refractivity contribution in [2.45, 2.75) is 18.9 Å². The van der Waals surface area contributed by atoms with E-state index in [2.05, 4.69) is 34.5 Å². The standard InChI is InChI=1S/C32H32N2O4/c1-34(2)26-16-12-23(13-17-26)20-21-38-27-18-14-24(15-19-27)22-30(32(36)37)33-29-11-7-6-10-28(29)31(35)25-8-4-3-5-9-25/h3-19,30,33H,20-22H2,1-2H3,(H,36,37)/t30-/m0/s1. The highest BCUT2D eigenvalue weighted by Crippen LogP contribution is 2.22. The molecule has 0 spiro atoms. The molecule has 0 amide bonds. The number of nitrogens with zero attached hydrogens (tertiary/aromatic N) is 1. The lowest BCUT2D eigenvalue weighted by Crippen LogP contribution is -2.32. The maximum Gasteiger partial charge on any atom is 0.326 e. The topological polar surface area (TPSA) is 78.9 Å². The van der Waals surface area contributed by atoms with Crippen molar-refractivity contribution < 1.29 is 19.4 Å². The van der Waals surface area contributed by atoms with Crippen molar-refractivity contribution >= 4 is 23.1 Å². The highest BCUT2D eigenvalue weighted by Gasteiger charge is 2.21. The number of aliphatic carboxylic acids is 1. The maximum atomic E-state index is 13.0. The molecule has 0 bridgehead atoms. The van der Waals surface area contributed by atoms with E-state index in [0.717, 1.165) is 23.4 Å². The van der Waals surface area contributed by atoms with Crippen LogP contribution in [-0.2, 0) is 17.6 Å². The molecule has 2 N–H and O–H groups in total. The summed E-state index contributed by atoms with van der Waals surface area (Å²) in [5, 5.41) is 13.0. The monoisotopic (exact) mass is 508 g/mol. The predicted molar refractivity (Wildman–Crippen MR) is 151 cm³/mol. The van der Waals surface area contributed by atoms with E-state index in [-0.39, 0.29) is 12.2 Å². The van der Waals surface area contributed by atoms with E-state index in [4.69, 9.17) is 4.74 Å². The van der Waals surface area contributed by atoms with Crippen LogP contribution >= 0.6 is 0 Å². The highest BCUT2D eigenvalue weighted by atomic mass is 16.5. The van der Waals surface area contributed by atoms with Crippen LogP contribution in [0.15, 0.2) is 103 Å². The molecular weight excluding hydrogens is 476 g/mol. The molecule has 0 aliphatic heterocycles. The van der Waals surface area contributed by atoms with Gasteiger partial charge >= 0.3 is 5.97 Å². The highest BCUT2D eigenvalue weighted by molar-refractivity contribution is 6.12. The molecule has 38 heavy (non-hydrogen) atoms. The molecule has 0 aliphatic carbocycles. The van der Waals surface area contributed by atoms with Gasteiger partial charge in [0.05, 0.1) is 6.61 Å². The molecule has 0 saturated carbocycles. The van der Waals surface area contributed by atoms with E-state index < -0.39 is 12.0 Å². The molecule has 0 saturated heterocycles. The average molecular weight is 509 g/mol. The molecule has 0 radical (unpaired) electrons. The number of carbonyl (C=O) groups excluding carboxylic acids is 1. The van der Waals surface area contributed by atoms with Gasteiger partial charge < -0.3 is 20.1 Å². The van der Waals surface area contributed by atoms with Gasteiger partial charge in [-0.1, -0.05) is 66.7 Å². The van der Waals surface area contributed by atoms with Gasteiger partial charge in [0.2, 0.25) is 0 Å². The molecule has 0 unspecified atom stereocenters. The largest absolute Gasteiger partial charge is 0.493 e. The number of ketones is 1. The van der Waals surface area contributed by atoms with E-state index in [1.54, 1.807) is 48.5 Å². The lowest BCUT2D eigenvalue weighted by Gasteiger charge is -2.18. The first kappa shape index (κ1) is 26.5. The number of hydrogen-bond donors (Lipinski definition) is 2. The molecule has 6 heteroatoms. The summed E-state index contributed by atoms with van der Waals surface area (Å²) in [6.45, 7) is 0.548. The fourth-order valence-corrected chi connectivity index (χ4v) is 4.14. The van der Waals surface area contributed by atoms with Gasteiger partial charge in [0.15, 0.2) is 5.78 Å². The Labute approximate surface area is 223 Å². The number of carboxylic acids is 1. The SMILES string of the molecule is CN(C)c1ccc(CCOc2ccc(C[C@H](Nc3ccccc3C(=O)c3ccccc3)C(=O)O)cc2)cc1. The molecule has 0 aliphatic rings. The Morgan fingerprint density at radius 1 is 0.816 bits per heavy atom. The summed E-state index contributed by atoms with van der Waals surface area (Å²) < 4.78 is 5.89. The van der Waals surface area contributed by atoms with Gasteiger partial charge in [0, 0.05) is 49.4 Å². The minimum Gasteiger partial charge on any atom is -0.493 e. The summed E-state index contributed by atoms with van der Waals surface area (Å²) in [5.74, 6) is -0.419. The summed E-state index contributed by atoms with van der Waals surface area (Å²) in [5.41, 5.74) is 4.69. The number of hydrogen-bond acceptors (Lipinski definition) is 5. The second-order valence-electron chi connectivity index (χ2n) is 9.28. The molecule has 0 aromatic heterocycles. The maximum absolute atomic E-state index is 13.0. The average Bonchev–Trinajstić information content (AvgIpc) is 2.94. The zero-order valence-corrected chi connectivity index (χ0v) is 21.6. The minimum absolute atomic E-state index is 0.159. The van der Waals surface area contributed by atoms with Crippen molar-refractivity contribution in [1.29, 1.82) is 0 Å². The lowest BCUT2D eigenvalue weighted by atomic mass is 10.00. The van der Waals surface area contributed by atoms with Gasteiger partial charge in [-0.15, -0.1) is 0 Å². The first-order chi connectivity index (χ1) is 18.4. The molecule has 6 nitrogen and oxygen atoms in total. The first-order valence-corrected chi connectivity index (χ1v) is 12.6. The quantitative estimate of drug-likeness (QED) is 0.239. The van der Waals surface area contributed by atoms with Gasteiger partial charge in [0.1, 0.15) is 11.8 Å². The summed E-state index contributed by atoms with van der Waals surface area (Å²) in [6.07, 6.45) is 1.04.